The maximum atomic E-state index is 12.3. The highest BCUT2D eigenvalue weighted by molar-refractivity contribution is 7.90. The molecule has 0 saturated heterocycles. The first-order valence-corrected chi connectivity index (χ1v) is 7.52. The van der Waals surface area contributed by atoms with E-state index < -0.39 is 10.0 Å². The van der Waals surface area contributed by atoms with Crippen molar-refractivity contribution in [3.05, 3.63) is 53.9 Å². The van der Waals surface area contributed by atoms with Crippen LogP contribution in [0.25, 0.3) is 0 Å². The van der Waals surface area contributed by atoms with E-state index in [2.05, 4.69) is 0 Å². The zero-order chi connectivity index (χ0) is 14.0. The fourth-order valence-electron chi connectivity index (χ4n) is 1.60. The predicted molar refractivity (Wildman–Crippen MR) is 73.2 cm³/mol. The Morgan fingerprint density at radius 1 is 1.21 bits per heavy atom. The van der Waals surface area contributed by atoms with Crippen LogP contribution in [0.4, 0.5) is 0 Å². The van der Waals surface area contributed by atoms with E-state index in [0.717, 1.165) is 9.54 Å². The molecule has 0 spiro atoms. The minimum atomic E-state index is -3.66. The summed E-state index contributed by atoms with van der Waals surface area (Å²) in [5.74, 6) is -0.478. The van der Waals surface area contributed by atoms with Crippen LogP contribution in [0, 0.1) is 6.92 Å². The molecule has 0 aliphatic rings. The van der Waals surface area contributed by atoms with Crippen molar-refractivity contribution >= 4 is 27.4 Å². The van der Waals surface area contributed by atoms with Gasteiger partial charge in [-0.25, -0.2) is 12.4 Å². The third-order valence-corrected chi connectivity index (χ3v) is 4.60. The van der Waals surface area contributed by atoms with E-state index in [4.69, 9.17) is 11.6 Å². The minimum Gasteiger partial charge on any atom is -0.293 e. The minimum absolute atomic E-state index is 0.172. The summed E-state index contributed by atoms with van der Waals surface area (Å²) in [6, 6.07) is 7.96. The molecule has 1 aromatic carbocycles. The van der Waals surface area contributed by atoms with Crippen molar-refractivity contribution in [3.63, 3.8) is 0 Å². The molecule has 0 saturated carbocycles. The standard InChI is InChI=1S/C13H12ClNO3S/c1-10-2-4-12(5-3-10)19(17,18)15-7-6-11(9-15)13(16)8-14/h2-7,9H,8H2,1H3. The van der Waals surface area contributed by atoms with Crippen molar-refractivity contribution in [2.75, 3.05) is 5.88 Å². The van der Waals surface area contributed by atoms with Gasteiger partial charge in [-0.05, 0) is 25.1 Å². The van der Waals surface area contributed by atoms with Gasteiger partial charge in [-0.15, -0.1) is 11.6 Å². The summed E-state index contributed by atoms with van der Waals surface area (Å²) in [7, 11) is -3.66. The van der Waals surface area contributed by atoms with Gasteiger partial charge in [0.05, 0.1) is 10.8 Å². The molecule has 0 amide bonds. The average Bonchev–Trinajstić information content (AvgIpc) is 2.88. The zero-order valence-electron chi connectivity index (χ0n) is 10.2. The first kappa shape index (κ1) is 13.8. The summed E-state index contributed by atoms with van der Waals surface area (Å²) in [5.41, 5.74) is 1.26. The van der Waals surface area contributed by atoms with Gasteiger partial charge in [0.25, 0.3) is 10.0 Å². The molecule has 0 fully saturated rings. The lowest BCUT2D eigenvalue weighted by Gasteiger charge is -2.05. The third kappa shape index (κ3) is 2.72. The van der Waals surface area contributed by atoms with Crippen LogP contribution in [-0.4, -0.2) is 24.1 Å². The van der Waals surface area contributed by atoms with Crippen molar-refractivity contribution in [2.45, 2.75) is 11.8 Å². The smallest absolute Gasteiger partial charge is 0.267 e. The Hall–Kier alpha value is -1.59. The molecule has 100 valence electrons. The van der Waals surface area contributed by atoms with Crippen LogP contribution in [0.15, 0.2) is 47.6 Å². The number of nitrogens with zero attached hydrogens (tertiary/aromatic N) is 1. The van der Waals surface area contributed by atoms with E-state index in [9.17, 15) is 13.2 Å². The maximum absolute atomic E-state index is 12.3. The largest absolute Gasteiger partial charge is 0.293 e. The molecule has 4 nitrogen and oxygen atoms in total. The molecule has 0 radical (unpaired) electrons. The van der Waals surface area contributed by atoms with Crippen LogP contribution in [0.3, 0.4) is 0 Å². The average molecular weight is 298 g/mol. The molecule has 2 rings (SSSR count). The monoisotopic (exact) mass is 297 g/mol. The Bertz CT molecular complexity index is 702. The second-order valence-corrected chi connectivity index (χ2v) is 6.22. The van der Waals surface area contributed by atoms with Gasteiger partial charge < -0.3 is 0 Å². The summed E-state index contributed by atoms with van der Waals surface area (Å²) < 4.78 is 25.6. The first-order valence-electron chi connectivity index (χ1n) is 5.54. The van der Waals surface area contributed by atoms with E-state index in [0.29, 0.717) is 0 Å². The molecule has 1 aromatic heterocycles. The van der Waals surface area contributed by atoms with Gasteiger partial charge in [0.15, 0.2) is 5.78 Å². The topological polar surface area (TPSA) is 56.1 Å². The van der Waals surface area contributed by atoms with Crippen molar-refractivity contribution in [1.29, 1.82) is 0 Å². The van der Waals surface area contributed by atoms with Gasteiger partial charge in [-0.2, -0.15) is 0 Å². The molecule has 19 heavy (non-hydrogen) atoms. The number of halogens is 1. The van der Waals surface area contributed by atoms with Gasteiger partial charge in [0.1, 0.15) is 0 Å². The summed E-state index contributed by atoms with van der Waals surface area (Å²) in [4.78, 5) is 11.6. The number of ketones is 1. The number of carbonyl (C=O) groups is 1. The highest BCUT2D eigenvalue weighted by Crippen LogP contribution is 2.16. The number of hydrogen-bond acceptors (Lipinski definition) is 3. The van der Waals surface area contributed by atoms with E-state index in [1.165, 1.54) is 30.6 Å². The third-order valence-electron chi connectivity index (χ3n) is 2.71. The quantitative estimate of drug-likeness (QED) is 0.643. The Labute approximate surface area is 116 Å². The second-order valence-electron chi connectivity index (χ2n) is 4.10. The zero-order valence-corrected chi connectivity index (χ0v) is 11.8. The highest BCUT2D eigenvalue weighted by Gasteiger charge is 2.17. The van der Waals surface area contributed by atoms with Crippen LogP contribution in [0.2, 0.25) is 0 Å². The Morgan fingerprint density at radius 3 is 2.42 bits per heavy atom. The van der Waals surface area contributed by atoms with Gasteiger partial charge in [-0.1, -0.05) is 17.7 Å². The summed E-state index contributed by atoms with van der Waals surface area (Å²) >= 11 is 5.44. The summed E-state index contributed by atoms with van der Waals surface area (Å²) in [6.45, 7) is 1.88. The predicted octanol–water partition coefficient (Wildman–Crippen LogP) is 2.46. The van der Waals surface area contributed by atoms with Gasteiger partial charge in [-0.3, -0.25) is 4.79 Å². The number of hydrogen-bond donors (Lipinski definition) is 0. The molecule has 0 atom stereocenters. The van der Waals surface area contributed by atoms with Crippen molar-refractivity contribution in [3.8, 4) is 0 Å². The normalized spacial score (nSPS) is 11.5. The number of rotatable bonds is 4. The highest BCUT2D eigenvalue weighted by atomic mass is 35.5. The molecule has 0 aliphatic heterocycles. The summed E-state index contributed by atoms with van der Waals surface area (Å²) in [5, 5.41) is 0. The van der Waals surface area contributed by atoms with E-state index in [1.807, 2.05) is 6.92 Å². The molecule has 0 N–H and O–H groups in total. The van der Waals surface area contributed by atoms with Crippen LogP contribution in [0.5, 0.6) is 0 Å². The molecule has 0 bridgehead atoms. The van der Waals surface area contributed by atoms with Gasteiger partial charge in [0, 0.05) is 18.0 Å². The SMILES string of the molecule is Cc1ccc(S(=O)(=O)n2ccc(C(=O)CCl)c2)cc1. The number of alkyl halides is 1. The summed E-state index contributed by atoms with van der Waals surface area (Å²) in [6.07, 6.45) is 2.62. The van der Waals surface area contributed by atoms with Crippen LogP contribution in [0.1, 0.15) is 15.9 Å². The van der Waals surface area contributed by atoms with Crippen LogP contribution in [-0.2, 0) is 10.0 Å². The molecular formula is C13H12ClNO3S. The lowest BCUT2D eigenvalue weighted by atomic mass is 10.2. The second kappa shape index (κ2) is 5.19. The Morgan fingerprint density at radius 2 is 1.84 bits per heavy atom. The molecule has 1 heterocycles. The lowest BCUT2D eigenvalue weighted by molar-refractivity contribution is 0.102. The maximum Gasteiger partial charge on any atom is 0.267 e. The first-order chi connectivity index (χ1) is 8.95. The molecule has 6 heteroatoms. The van der Waals surface area contributed by atoms with Crippen molar-refractivity contribution in [1.82, 2.24) is 3.97 Å². The van der Waals surface area contributed by atoms with E-state index >= 15 is 0 Å². The number of benzene rings is 1. The molecular weight excluding hydrogens is 286 g/mol. The number of Topliss-reactive ketones (excluding diaryl/α,β-unsaturated/α-hetero) is 1. The van der Waals surface area contributed by atoms with Crippen molar-refractivity contribution in [2.24, 2.45) is 0 Å². The molecule has 0 unspecified atom stereocenters. The lowest BCUT2D eigenvalue weighted by Crippen LogP contribution is -2.11. The van der Waals surface area contributed by atoms with Gasteiger partial charge in [0.2, 0.25) is 0 Å². The van der Waals surface area contributed by atoms with E-state index in [-0.39, 0.29) is 22.1 Å². The Balaban J connectivity index is 2.42. The fraction of sp³-hybridized carbons (Fsp3) is 0.154. The van der Waals surface area contributed by atoms with Crippen LogP contribution < -0.4 is 0 Å². The fourth-order valence-corrected chi connectivity index (χ4v) is 2.95. The molecule has 0 aliphatic carbocycles. The Kier molecular flexibility index (Phi) is 3.78. The van der Waals surface area contributed by atoms with Gasteiger partial charge >= 0.3 is 0 Å². The number of aromatic nitrogens is 1. The van der Waals surface area contributed by atoms with E-state index in [1.54, 1.807) is 12.1 Å². The number of carbonyl (C=O) groups excluding carboxylic acids is 1. The molecule has 2 aromatic rings. The number of aryl methyl sites for hydroxylation is 1. The van der Waals surface area contributed by atoms with Crippen LogP contribution >= 0.6 is 11.6 Å². The van der Waals surface area contributed by atoms with Crippen molar-refractivity contribution < 1.29 is 13.2 Å².